The van der Waals surface area contributed by atoms with E-state index in [1.807, 2.05) is 6.92 Å². The molecular formula is C11H13Cl2N3O3. The first kappa shape index (κ1) is 15.7. The highest BCUT2D eigenvalue weighted by atomic mass is 35.5. The van der Waals surface area contributed by atoms with Gasteiger partial charge in [0.25, 0.3) is 5.91 Å². The van der Waals surface area contributed by atoms with Crippen LogP contribution in [0.1, 0.15) is 30.1 Å². The summed E-state index contributed by atoms with van der Waals surface area (Å²) in [5, 5.41) is 18.4. The number of nitrogens with zero attached hydrogens (tertiary/aromatic N) is 2. The number of carbonyl (C=O) groups is 2. The van der Waals surface area contributed by atoms with Crippen molar-refractivity contribution in [1.82, 2.24) is 15.5 Å². The summed E-state index contributed by atoms with van der Waals surface area (Å²) in [4.78, 5) is 22.5. The Hall–Kier alpha value is -1.40. The third-order valence-corrected chi connectivity index (χ3v) is 3.02. The lowest BCUT2D eigenvalue weighted by Crippen LogP contribution is -2.30. The molecule has 2 N–H and O–H groups in total. The molecule has 0 aliphatic rings. The van der Waals surface area contributed by atoms with Crippen LogP contribution in [0.5, 0.6) is 0 Å². The van der Waals surface area contributed by atoms with Crippen LogP contribution in [0.3, 0.4) is 0 Å². The fourth-order valence-electron chi connectivity index (χ4n) is 1.45. The molecule has 0 radical (unpaired) electrons. The molecule has 1 amide bonds. The molecule has 104 valence electrons. The highest BCUT2D eigenvalue weighted by Gasteiger charge is 2.16. The number of carbonyl (C=O) groups excluding carboxylic acids is 1. The Kier molecular flexibility index (Phi) is 5.98. The van der Waals surface area contributed by atoms with Crippen molar-refractivity contribution in [2.75, 3.05) is 6.54 Å². The summed E-state index contributed by atoms with van der Waals surface area (Å²) in [6, 6.07) is 1.31. The van der Waals surface area contributed by atoms with Gasteiger partial charge in [-0.3, -0.25) is 9.59 Å². The van der Waals surface area contributed by atoms with Gasteiger partial charge in [0, 0.05) is 13.0 Å². The smallest absolute Gasteiger partial charge is 0.303 e. The maximum absolute atomic E-state index is 11.9. The molecule has 0 fully saturated rings. The minimum absolute atomic E-state index is 0.000135. The predicted octanol–water partition coefficient (Wildman–Crippen LogP) is 2.01. The third-order valence-electron chi connectivity index (χ3n) is 2.56. The van der Waals surface area contributed by atoms with E-state index in [0.717, 1.165) is 0 Å². The van der Waals surface area contributed by atoms with Crippen LogP contribution in [0.4, 0.5) is 0 Å². The summed E-state index contributed by atoms with van der Waals surface area (Å²) in [5.74, 6) is -1.48. The van der Waals surface area contributed by atoms with Crippen LogP contribution in [0.25, 0.3) is 0 Å². The van der Waals surface area contributed by atoms with E-state index in [4.69, 9.17) is 28.3 Å². The lowest BCUT2D eigenvalue weighted by molar-refractivity contribution is -0.138. The standard InChI is InChI=1S/C11H13Cl2N3O3/c1-2-6(3-9(17)18)5-14-11(19)7-4-8(12)15-16-10(7)13/h4,6H,2-3,5H2,1H3,(H,14,19)(H,17,18). The van der Waals surface area contributed by atoms with Crippen molar-refractivity contribution >= 4 is 35.1 Å². The summed E-state index contributed by atoms with van der Waals surface area (Å²) in [6.45, 7) is 2.11. The quantitative estimate of drug-likeness (QED) is 0.838. The molecular weight excluding hydrogens is 293 g/mol. The largest absolute Gasteiger partial charge is 0.481 e. The van der Waals surface area contributed by atoms with Crippen LogP contribution >= 0.6 is 23.2 Å². The van der Waals surface area contributed by atoms with Gasteiger partial charge in [-0.05, 0) is 12.0 Å². The van der Waals surface area contributed by atoms with Gasteiger partial charge in [0.2, 0.25) is 0 Å². The molecule has 0 saturated heterocycles. The summed E-state index contributed by atoms with van der Waals surface area (Å²) < 4.78 is 0. The van der Waals surface area contributed by atoms with Crippen molar-refractivity contribution in [2.24, 2.45) is 5.92 Å². The van der Waals surface area contributed by atoms with E-state index in [2.05, 4.69) is 15.5 Å². The van der Waals surface area contributed by atoms with Crippen LogP contribution in [0.2, 0.25) is 10.3 Å². The maximum Gasteiger partial charge on any atom is 0.303 e. The van der Waals surface area contributed by atoms with Gasteiger partial charge in [0.1, 0.15) is 0 Å². The number of nitrogens with one attached hydrogen (secondary N) is 1. The van der Waals surface area contributed by atoms with Gasteiger partial charge < -0.3 is 10.4 Å². The van der Waals surface area contributed by atoms with E-state index in [1.165, 1.54) is 6.07 Å². The molecule has 0 aromatic carbocycles. The lowest BCUT2D eigenvalue weighted by atomic mass is 10.0. The Morgan fingerprint density at radius 1 is 1.42 bits per heavy atom. The highest BCUT2D eigenvalue weighted by Crippen LogP contribution is 2.15. The minimum Gasteiger partial charge on any atom is -0.481 e. The molecule has 0 aliphatic heterocycles. The molecule has 6 nitrogen and oxygen atoms in total. The summed E-state index contributed by atoms with van der Waals surface area (Å²) >= 11 is 11.4. The van der Waals surface area contributed by atoms with Crippen molar-refractivity contribution < 1.29 is 14.7 Å². The van der Waals surface area contributed by atoms with Gasteiger partial charge in [-0.25, -0.2) is 0 Å². The van der Waals surface area contributed by atoms with Crippen LogP contribution in [0.15, 0.2) is 6.07 Å². The fourth-order valence-corrected chi connectivity index (χ4v) is 1.78. The Labute approximate surface area is 120 Å². The van der Waals surface area contributed by atoms with Crippen LogP contribution < -0.4 is 5.32 Å². The number of carboxylic acids is 1. The molecule has 1 heterocycles. The van der Waals surface area contributed by atoms with Crippen molar-refractivity contribution in [3.05, 3.63) is 21.9 Å². The van der Waals surface area contributed by atoms with Crippen molar-refractivity contribution in [3.63, 3.8) is 0 Å². The predicted molar refractivity (Wildman–Crippen MR) is 70.4 cm³/mol. The van der Waals surface area contributed by atoms with Crippen LogP contribution in [-0.4, -0.2) is 33.7 Å². The van der Waals surface area contributed by atoms with Gasteiger partial charge in [-0.1, -0.05) is 36.5 Å². The molecule has 1 aromatic heterocycles. The summed E-state index contributed by atoms with van der Waals surface area (Å²) in [6.07, 6.45) is 0.648. The van der Waals surface area contributed by atoms with Gasteiger partial charge in [0.05, 0.1) is 5.56 Å². The number of hydrogen-bond donors (Lipinski definition) is 2. The molecule has 1 rings (SSSR count). The second-order valence-electron chi connectivity index (χ2n) is 3.95. The van der Waals surface area contributed by atoms with Crippen LogP contribution in [0, 0.1) is 5.92 Å². The monoisotopic (exact) mass is 305 g/mol. The number of rotatable bonds is 6. The Morgan fingerprint density at radius 3 is 2.68 bits per heavy atom. The Balaban J connectivity index is 2.64. The van der Waals surface area contributed by atoms with Crippen molar-refractivity contribution in [1.29, 1.82) is 0 Å². The minimum atomic E-state index is -0.896. The summed E-state index contributed by atoms with van der Waals surface area (Å²) in [5.41, 5.74) is 0.117. The van der Waals surface area contributed by atoms with Gasteiger partial charge in [-0.15, -0.1) is 10.2 Å². The number of amides is 1. The van der Waals surface area contributed by atoms with Gasteiger partial charge in [0.15, 0.2) is 10.3 Å². The van der Waals surface area contributed by atoms with Gasteiger partial charge in [-0.2, -0.15) is 0 Å². The zero-order valence-electron chi connectivity index (χ0n) is 10.2. The Morgan fingerprint density at radius 2 is 2.11 bits per heavy atom. The third kappa shape index (κ3) is 5.00. The number of carboxylic acid groups (broad SMARTS) is 1. The van der Waals surface area contributed by atoms with Crippen LogP contribution in [-0.2, 0) is 4.79 Å². The molecule has 0 aliphatic carbocycles. The molecule has 8 heteroatoms. The normalized spacial score (nSPS) is 11.9. The first-order chi connectivity index (χ1) is 8.93. The van der Waals surface area contributed by atoms with E-state index < -0.39 is 11.9 Å². The second-order valence-corrected chi connectivity index (χ2v) is 4.70. The molecule has 1 atom stereocenters. The van der Waals surface area contributed by atoms with Crippen molar-refractivity contribution in [3.8, 4) is 0 Å². The molecule has 0 bridgehead atoms. The first-order valence-corrected chi connectivity index (χ1v) is 6.38. The van der Waals surface area contributed by atoms with E-state index in [9.17, 15) is 9.59 Å². The number of aliphatic carboxylic acids is 1. The fraction of sp³-hybridized carbons (Fsp3) is 0.455. The number of hydrogen-bond acceptors (Lipinski definition) is 4. The van der Waals surface area contributed by atoms with Crippen molar-refractivity contribution in [2.45, 2.75) is 19.8 Å². The zero-order chi connectivity index (χ0) is 14.4. The molecule has 0 spiro atoms. The van der Waals surface area contributed by atoms with E-state index in [0.29, 0.717) is 6.42 Å². The van der Waals surface area contributed by atoms with E-state index >= 15 is 0 Å². The highest BCUT2D eigenvalue weighted by molar-refractivity contribution is 6.34. The number of halogens is 2. The van der Waals surface area contributed by atoms with E-state index in [-0.39, 0.29) is 34.8 Å². The zero-order valence-corrected chi connectivity index (χ0v) is 11.7. The number of aromatic nitrogens is 2. The Bertz CT molecular complexity index is 482. The average molecular weight is 306 g/mol. The molecule has 19 heavy (non-hydrogen) atoms. The SMILES string of the molecule is CCC(CNC(=O)c1cc(Cl)nnc1Cl)CC(=O)O. The topological polar surface area (TPSA) is 92.2 Å². The maximum atomic E-state index is 11.9. The van der Waals surface area contributed by atoms with Gasteiger partial charge >= 0.3 is 5.97 Å². The summed E-state index contributed by atoms with van der Waals surface area (Å²) in [7, 11) is 0. The lowest BCUT2D eigenvalue weighted by Gasteiger charge is -2.13. The molecule has 1 aromatic rings. The van der Waals surface area contributed by atoms with E-state index in [1.54, 1.807) is 0 Å². The molecule has 0 saturated carbocycles. The second kappa shape index (κ2) is 7.25. The first-order valence-electron chi connectivity index (χ1n) is 5.62. The molecule has 1 unspecified atom stereocenters. The average Bonchev–Trinajstić information content (AvgIpc) is 2.36.